The smallest absolute Gasteiger partial charge is 0.148 e. The fourth-order valence-electron chi connectivity index (χ4n) is 1.55. The summed E-state index contributed by atoms with van der Waals surface area (Å²) in [5.41, 5.74) is 6.29. The number of pyridine rings is 1. The molecule has 3 N–H and O–H groups in total. The van der Waals surface area contributed by atoms with Gasteiger partial charge in [-0.25, -0.2) is 4.39 Å². The van der Waals surface area contributed by atoms with Crippen molar-refractivity contribution in [2.45, 2.75) is 6.92 Å². The van der Waals surface area contributed by atoms with Gasteiger partial charge in [-0.3, -0.25) is 4.98 Å². The summed E-state index contributed by atoms with van der Waals surface area (Å²) >= 11 is 5.96. The number of nitrogens with two attached hydrogens (primary N) is 1. The molecule has 0 saturated carbocycles. The zero-order chi connectivity index (χ0) is 13.8. The van der Waals surface area contributed by atoms with Crippen LogP contribution >= 0.6 is 11.6 Å². The summed E-state index contributed by atoms with van der Waals surface area (Å²) in [7, 11) is 0. The molecule has 1 aromatic heterocycles. The lowest BCUT2D eigenvalue weighted by atomic mass is 10.2. The van der Waals surface area contributed by atoms with Crippen molar-refractivity contribution in [3.05, 3.63) is 47.0 Å². The molecule has 2 aromatic rings. The van der Waals surface area contributed by atoms with E-state index in [0.717, 1.165) is 5.69 Å². The summed E-state index contributed by atoms with van der Waals surface area (Å²) in [6.07, 6.45) is 1.66. The lowest BCUT2D eigenvalue weighted by Crippen LogP contribution is -2.12. The Balaban J connectivity index is 2.34. The number of halogens is 2. The molecule has 4 nitrogen and oxygen atoms in total. The number of aryl methyl sites for hydroxylation is 1. The average Bonchev–Trinajstić information content (AvgIpc) is 2.38. The maximum atomic E-state index is 13.6. The Hall–Kier alpha value is -1.85. The van der Waals surface area contributed by atoms with Gasteiger partial charge in [-0.1, -0.05) is 11.6 Å². The number of nitrogens with zero attached hydrogens (tertiary/aromatic N) is 1. The van der Waals surface area contributed by atoms with E-state index in [0.29, 0.717) is 11.5 Å². The Bertz CT molecular complexity index is 592. The standard InChI is InChI=1S/C13H13ClFN3O/c1-8-12(3-2-4-17-8)19-13-6-11(18-7-16)10(15)5-9(13)14/h2-6,18H,7,16H2,1H3. The Labute approximate surface area is 115 Å². The third-order valence-corrected chi connectivity index (χ3v) is 2.79. The van der Waals surface area contributed by atoms with Crippen LogP contribution < -0.4 is 15.8 Å². The second kappa shape index (κ2) is 5.86. The number of nitrogens with one attached hydrogen (secondary N) is 1. The maximum Gasteiger partial charge on any atom is 0.148 e. The van der Waals surface area contributed by atoms with Gasteiger partial charge >= 0.3 is 0 Å². The van der Waals surface area contributed by atoms with Crippen LogP contribution in [0.5, 0.6) is 11.5 Å². The summed E-state index contributed by atoms with van der Waals surface area (Å²) in [4.78, 5) is 4.10. The maximum absolute atomic E-state index is 13.6. The minimum atomic E-state index is -0.481. The van der Waals surface area contributed by atoms with Crippen LogP contribution in [-0.2, 0) is 0 Å². The molecule has 6 heteroatoms. The number of ether oxygens (including phenoxy) is 1. The minimum Gasteiger partial charge on any atom is -0.454 e. The molecule has 0 aliphatic carbocycles. The van der Waals surface area contributed by atoms with Crippen molar-refractivity contribution >= 4 is 17.3 Å². The number of benzene rings is 1. The molecule has 0 aliphatic rings. The third kappa shape index (κ3) is 3.13. The molecule has 100 valence electrons. The molecular weight excluding hydrogens is 269 g/mol. The molecule has 0 saturated heterocycles. The van der Waals surface area contributed by atoms with Crippen molar-refractivity contribution in [3.63, 3.8) is 0 Å². The van der Waals surface area contributed by atoms with Gasteiger partial charge in [0.1, 0.15) is 17.3 Å². The summed E-state index contributed by atoms with van der Waals surface area (Å²) in [5.74, 6) is 0.426. The van der Waals surface area contributed by atoms with Gasteiger partial charge in [-0.05, 0) is 25.1 Å². The van der Waals surface area contributed by atoms with E-state index in [1.165, 1.54) is 12.1 Å². The molecule has 0 spiro atoms. The van der Waals surface area contributed by atoms with E-state index in [4.69, 9.17) is 22.1 Å². The lowest BCUT2D eigenvalue weighted by molar-refractivity contribution is 0.474. The first-order chi connectivity index (χ1) is 9.11. The monoisotopic (exact) mass is 281 g/mol. The topological polar surface area (TPSA) is 60.2 Å². The van der Waals surface area contributed by atoms with E-state index in [-0.39, 0.29) is 17.4 Å². The highest BCUT2D eigenvalue weighted by molar-refractivity contribution is 6.32. The Morgan fingerprint density at radius 2 is 2.21 bits per heavy atom. The van der Waals surface area contributed by atoms with E-state index in [9.17, 15) is 4.39 Å². The van der Waals surface area contributed by atoms with Crippen LogP contribution in [0.4, 0.5) is 10.1 Å². The van der Waals surface area contributed by atoms with Crippen LogP contribution in [0.2, 0.25) is 5.02 Å². The molecule has 1 heterocycles. The minimum absolute atomic E-state index is 0.115. The molecule has 0 amide bonds. The van der Waals surface area contributed by atoms with E-state index in [1.807, 2.05) is 6.92 Å². The first-order valence-corrected chi connectivity index (χ1v) is 6.02. The van der Waals surface area contributed by atoms with Crippen molar-refractivity contribution in [1.29, 1.82) is 0 Å². The number of anilines is 1. The summed E-state index contributed by atoms with van der Waals surface area (Å²) in [6.45, 7) is 1.93. The van der Waals surface area contributed by atoms with Crippen LogP contribution in [0, 0.1) is 12.7 Å². The first-order valence-electron chi connectivity index (χ1n) is 5.64. The predicted molar refractivity (Wildman–Crippen MR) is 73.1 cm³/mol. The third-order valence-electron chi connectivity index (χ3n) is 2.49. The van der Waals surface area contributed by atoms with Crippen molar-refractivity contribution in [3.8, 4) is 11.5 Å². The highest BCUT2D eigenvalue weighted by Crippen LogP contribution is 2.34. The number of hydrogen-bond acceptors (Lipinski definition) is 4. The van der Waals surface area contributed by atoms with E-state index in [1.54, 1.807) is 18.3 Å². The zero-order valence-corrected chi connectivity index (χ0v) is 11.0. The van der Waals surface area contributed by atoms with Crippen molar-refractivity contribution < 1.29 is 9.13 Å². The summed E-state index contributed by atoms with van der Waals surface area (Å²) in [6, 6.07) is 6.16. The number of hydrogen-bond donors (Lipinski definition) is 2. The normalized spacial score (nSPS) is 10.3. The SMILES string of the molecule is Cc1ncccc1Oc1cc(NCN)c(F)cc1Cl. The quantitative estimate of drug-likeness (QED) is 0.844. The van der Waals surface area contributed by atoms with Gasteiger partial charge in [0.2, 0.25) is 0 Å². The van der Waals surface area contributed by atoms with E-state index in [2.05, 4.69) is 10.3 Å². The molecular formula is C13H13ClFN3O. The van der Waals surface area contributed by atoms with E-state index < -0.39 is 5.82 Å². The fourth-order valence-corrected chi connectivity index (χ4v) is 1.74. The van der Waals surface area contributed by atoms with Gasteiger partial charge < -0.3 is 15.8 Å². The molecule has 0 fully saturated rings. The molecule has 0 unspecified atom stereocenters. The van der Waals surface area contributed by atoms with Crippen molar-refractivity contribution in [2.75, 3.05) is 12.0 Å². The van der Waals surface area contributed by atoms with Gasteiger partial charge in [0.25, 0.3) is 0 Å². The molecule has 19 heavy (non-hydrogen) atoms. The fraction of sp³-hybridized carbons (Fsp3) is 0.154. The highest BCUT2D eigenvalue weighted by Gasteiger charge is 2.11. The van der Waals surface area contributed by atoms with Crippen LogP contribution in [0.1, 0.15) is 5.69 Å². The average molecular weight is 282 g/mol. The largest absolute Gasteiger partial charge is 0.454 e. The second-order valence-electron chi connectivity index (χ2n) is 3.83. The molecule has 1 aromatic carbocycles. The molecule has 0 aliphatic heterocycles. The van der Waals surface area contributed by atoms with Gasteiger partial charge in [0.05, 0.1) is 23.1 Å². The summed E-state index contributed by atoms with van der Waals surface area (Å²) < 4.78 is 19.2. The molecule has 0 radical (unpaired) electrons. The van der Waals surface area contributed by atoms with Crippen LogP contribution in [0.3, 0.4) is 0 Å². The Morgan fingerprint density at radius 3 is 2.89 bits per heavy atom. The molecule has 0 bridgehead atoms. The van der Waals surface area contributed by atoms with E-state index >= 15 is 0 Å². The first kappa shape index (κ1) is 13.6. The van der Waals surface area contributed by atoms with Gasteiger partial charge in [-0.15, -0.1) is 0 Å². The highest BCUT2D eigenvalue weighted by atomic mass is 35.5. The zero-order valence-electron chi connectivity index (χ0n) is 10.3. The van der Waals surface area contributed by atoms with Gasteiger partial charge in [0, 0.05) is 12.3 Å². The van der Waals surface area contributed by atoms with Crippen molar-refractivity contribution in [2.24, 2.45) is 5.73 Å². The Kier molecular flexibility index (Phi) is 4.19. The van der Waals surface area contributed by atoms with Crippen LogP contribution in [-0.4, -0.2) is 11.7 Å². The van der Waals surface area contributed by atoms with Gasteiger partial charge in [0.15, 0.2) is 0 Å². The summed E-state index contributed by atoms with van der Waals surface area (Å²) in [5, 5.41) is 2.88. The van der Waals surface area contributed by atoms with Crippen LogP contribution in [0.15, 0.2) is 30.5 Å². The lowest BCUT2D eigenvalue weighted by Gasteiger charge is -2.12. The van der Waals surface area contributed by atoms with Gasteiger partial charge in [-0.2, -0.15) is 0 Å². The molecule has 2 rings (SSSR count). The molecule has 0 atom stereocenters. The number of aromatic nitrogens is 1. The van der Waals surface area contributed by atoms with Crippen LogP contribution in [0.25, 0.3) is 0 Å². The Morgan fingerprint density at radius 1 is 1.42 bits per heavy atom. The number of rotatable bonds is 4. The van der Waals surface area contributed by atoms with Crippen molar-refractivity contribution in [1.82, 2.24) is 4.98 Å². The predicted octanol–water partition coefficient (Wildman–Crippen LogP) is 3.30. The second-order valence-corrected chi connectivity index (χ2v) is 4.24.